The van der Waals surface area contributed by atoms with Crippen LogP contribution in [0.1, 0.15) is 25.0 Å². The van der Waals surface area contributed by atoms with E-state index in [0.29, 0.717) is 41.9 Å². The van der Waals surface area contributed by atoms with Crippen molar-refractivity contribution in [2.45, 2.75) is 20.5 Å². The maximum atomic E-state index is 13.0. The van der Waals surface area contributed by atoms with Gasteiger partial charge in [-0.2, -0.15) is 0 Å². The van der Waals surface area contributed by atoms with Crippen molar-refractivity contribution >= 4 is 23.1 Å². The molecule has 3 aromatic carbocycles. The van der Waals surface area contributed by atoms with E-state index in [1.807, 2.05) is 30.3 Å². The number of imide groups is 1. The number of nitrogens with zero attached hydrogens (tertiary/aromatic N) is 1. The van der Waals surface area contributed by atoms with Crippen LogP contribution in [0.4, 0.5) is 5.69 Å². The van der Waals surface area contributed by atoms with Gasteiger partial charge in [-0.15, -0.1) is 0 Å². The monoisotopic (exact) mass is 443 g/mol. The average molecular weight is 443 g/mol. The second-order valence-corrected chi connectivity index (χ2v) is 8.17. The summed E-state index contributed by atoms with van der Waals surface area (Å²) in [7, 11) is 0. The predicted molar refractivity (Wildman–Crippen MR) is 126 cm³/mol. The van der Waals surface area contributed by atoms with Crippen molar-refractivity contribution in [1.29, 1.82) is 0 Å². The Morgan fingerprint density at radius 3 is 2.03 bits per heavy atom. The van der Waals surface area contributed by atoms with E-state index in [4.69, 9.17) is 9.47 Å². The summed E-state index contributed by atoms with van der Waals surface area (Å²) in [6.07, 6.45) is 0. The van der Waals surface area contributed by atoms with Gasteiger partial charge >= 0.3 is 5.91 Å². The molecule has 0 aliphatic carbocycles. The number of aliphatic hydroxyl groups excluding tert-OH is 1. The van der Waals surface area contributed by atoms with Crippen LogP contribution >= 0.6 is 0 Å². The van der Waals surface area contributed by atoms with Crippen LogP contribution in [0, 0.1) is 5.92 Å². The van der Waals surface area contributed by atoms with Gasteiger partial charge in [-0.1, -0.05) is 56.3 Å². The van der Waals surface area contributed by atoms with Gasteiger partial charge in [0.05, 0.1) is 17.9 Å². The van der Waals surface area contributed by atoms with Crippen molar-refractivity contribution in [3.8, 4) is 11.5 Å². The number of hydrogen-bond acceptors (Lipinski definition) is 5. The number of rotatable bonds is 8. The molecule has 1 heterocycles. The predicted octanol–water partition coefficient (Wildman–Crippen LogP) is 5.14. The SMILES string of the molecule is CC(C)COc1ccc(C2=C(O)C(=O)N(c3ccc(OCc4ccccc4)cc3)C2=O)cc1. The van der Waals surface area contributed by atoms with Crippen molar-refractivity contribution in [2.24, 2.45) is 5.92 Å². The summed E-state index contributed by atoms with van der Waals surface area (Å²) in [5.41, 5.74) is 1.81. The highest BCUT2D eigenvalue weighted by atomic mass is 16.5. The lowest BCUT2D eigenvalue weighted by Gasteiger charge is -2.15. The molecule has 0 radical (unpaired) electrons. The van der Waals surface area contributed by atoms with Crippen molar-refractivity contribution in [3.63, 3.8) is 0 Å². The summed E-state index contributed by atoms with van der Waals surface area (Å²) >= 11 is 0. The number of ether oxygens (including phenoxy) is 2. The minimum Gasteiger partial charge on any atom is -0.502 e. The molecule has 0 spiro atoms. The molecule has 4 rings (SSSR count). The first-order chi connectivity index (χ1) is 15.9. The van der Waals surface area contributed by atoms with Crippen LogP contribution in [0.3, 0.4) is 0 Å². The van der Waals surface area contributed by atoms with Gasteiger partial charge in [-0.3, -0.25) is 9.59 Å². The summed E-state index contributed by atoms with van der Waals surface area (Å²) in [5.74, 6) is -0.253. The van der Waals surface area contributed by atoms with E-state index in [1.165, 1.54) is 0 Å². The van der Waals surface area contributed by atoms with Crippen molar-refractivity contribution in [1.82, 2.24) is 0 Å². The summed E-state index contributed by atoms with van der Waals surface area (Å²) in [5, 5.41) is 10.4. The molecule has 0 atom stereocenters. The second-order valence-electron chi connectivity index (χ2n) is 8.17. The maximum Gasteiger partial charge on any atom is 0.301 e. The molecule has 0 bridgehead atoms. The van der Waals surface area contributed by atoms with Gasteiger partial charge in [0.25, 0.3) is 5.91 Å². The van der Waals surface area contributed by atoms with Gasteiger partial charge in [0, 0.05) is 0 Å². The molecule has 2 amide bonds. The van der Waals surface area contributed by atoms with E-state index in [0.717, 1.165) is 10.5 Å². The smallest absolute Gasteiger partial charge is 0.301 e. The molecular formula is C27H25NO5. The van der Waals surface area contributed by atoms with Crippen LogP contribution in [0.15, 0.2) is 84.6 Å². The Balaban J connectivity index is 1.47. The topological polar surface area (TPSA) is 76.1 Å². The third-order valence-electron chi connectivity index (χ3n) is 5.13. The van der Waals surface area contributed by atoms with Gasteiger partial charge in [0.15, 0.2) is 5.76 Å². The zero-order valence-corrected chi connectivity index (χ0v) is 18.5. The lowest BCUT2D eigenvalue weighted by atomic mass is 10.1. The second kappa shape index (κ2) is 9.61. The fourth-order valence-electron chi connectivity index (χ4n) is 3.43. The Hall–Kier alpha value is -4.06. The van der Waals surface area contributed by atoms with Gasteiger partial charge in [-0.25, -0.2) is 4.90 Å². The summed E-state index contributed by atoms with van der Waals surface area (Å²) < 4.78 is 11.4. The van der Waals surface area contributed by atoms with Crippen molar-refractivity contribution in [3.05, 3.63) is 95.7 Å². The van der Waals surface area contributed by atoms with E-state index in [1.54, 1.807) is 48.5 Å². The van der Waals surface area contributed by atoms with E-state index in [-0.39, 0.29) is 5.57 Å². The van der Waals surface area contributed by atoms with E-state index >= 15 is 0 Å². The highest BCUT2D eigenvalue weighted by Gasteiger charge is 2.40. The Labute approximate surface area is 192 Å². The van der Waals surface area contributed by atoms with Crippen molar-refractivity contribution < 1.29 is 24.2 Å². The lowest BCUT2D eigenvalue weighted by molar-refractivity contribution is -0.121. The molecule has 0 saturated heterocycles. The highest BCUT2D eigenvalue weighted by molar-refractivity contribution is 6.44. The minimum atomic E-state index is -0.756. The zero-order chi connectivity index (χ0) is 23.4. The first-order valence-corrected chi connectivity index (χ1v) is 10.8. The highest BCUT2D eigenvalue weighted by Crippen LogP contribution is 2.33. The molecule has 6 heteroatoms. The first-order valence-electron chi connectivity index (χ1n) is 10.8. The normalized spacial score (nSPS) is 13.7. The number of hydrogen-bond donors (Lipinski definition) is 1. The van der Waals surface area contributed by atoms with Gasteiger partial charge in [0.2, 0.25) is 0 Å². The van der Waals surface area contributed by atoms with E-state index in [9.17, 15) is 14.7 Å². The maximum absolute atomic E-state index is 13.0. The summed E-state index contributed by atoms with van der Waals surface area (Å²) in [6, 6.07) is 23.1. The standard InChI is InChI=1S/C27H25NO5/c1-18(2)16-32-22-12-8-20(9-13-22)24-25(29)27(31)28(26(24)30)21-10-14-23(15-11-21)33-17-19-6-4-3-5-7-19/h3-15,18,29H,16-17H2,1-2H3. The fraction of sp³-hybridized carbons (Fsp3) is 0.185. The fourth-order valence-corrected chi connectivity index (χ4v) is 3.43. The molecule has 168 valence electrons. The number of anilines is 1. The van der Waals surface area contributed by atoms with Crippen molar-refractivity contribution in [2.75, 3.05) is 11.5 Å². The van der Waals surface area contributed by atoms with Gasteiger partial charge < -0.3 is 14.6 Å². The molecule has 1 N–H and O–H groups in total. The molecular weight excluding hydrogens is 418 g/mol. The molecule has 3 aromatic rings. The van der Waals surface area contributed by atoms with Crippen LogP contribution in [-0.4, -0.2) is 23.5 Å². The largest absolute Gasteiger partial charge is 0.502 e. The first kappa shape index (κ1) is 22.1. The Kier molecular flexibility index (Phi) is 6.45. The van der Waals surface area contributed by atoms with E-state index in [2.05, 4.69) is 13.8 Å². The molecule has 0 fully saturated rings. The summed E-state index contributed by atoms with van der Waals surface area (Å²) in [6.45, 7) is 5.09. The molecule has 0 aromatic heterocycles. The van der Waals surface area contributed by atoms with Gasteiger partial charge in [-0.05, 0) is 53.4 Å². The summed E-state index contributed by atoms with van der Waals surface area (Å²) in [4.78, 5) is 26.7. The van der Waals surface area contributed by atoms with E-state index < -0.39 is 17.6 Å². The molecule has 0 saturated carbocycles. The Bertz CT molecular complexity index is 1170. The van der Waals surface area contributed by atoms with Crippen LogP contribution in [-0.2, 0) is 16.2 Å². The molecule has 6 nitrogen and oxygen atoms in total. The zero-order valence-electron chi connectivity index (χ0n) is 18.5. The molecule has 33 heavy (non-hydrogen) atoms. The minimum absolute atomic E-state index is 0.0280. The number of carbonyl (C=O) groups is 2. The molecule has 1 aliphatic heterocycles. The van der Waals surface area contributed by atoms with Crippen LogP contribution < -0.4 is 14.4 Å². The quantitative estimate of drug-likeness (QED) is 0.488. The molecule has 0 unspecified atom stereocenters. The third-order valence-corrected chi connectivity index (χ3v) is 5.13. The van der Waals surface area contributed by atoms with Gasteiger partial charge in [0.1, 0.15) is 18.1 Å². The van der Waals surface area contributed by atoms with Crippen LogP contribution in [0.2, 0.25) is 0 Å². The van der Waals surface area contributed by atoms with Crippen LogP contribution in [0.5, 0.6) is 11.5 Å². The van der Waals surface area contributed by atoms with Crippen LogP contribution in [0.25, 0.3) is 5.57 Å². The number of amides is 2. The molecule has 1 aliphatic rings. The number of benzene rings is 3. The third kappa shape index (κ3) is 4.90. The Morgan fingerprint density at radius 1 is 0.788 bits per heavy atom. The Morgan fingerprint density at radius 2 is 1.39 bits per heavy atom. The number of aliphatic hydroxyl groups is 1. The average Bonchev–Trinajstić information content (AvgIpc) is 3.05. The number of carbonyl (C=O) groups excluding carboxylic acids is 2. The lowest BCUT2D eigenvalue weighted by Crippen LogP contribution is -2.31.